The van der Waals surface area contributed by atoms with Crippen LogP contribution in [0.25, 0.3) is 0 Å². The third-order valence-corrected chi connectivity index (χ3v) is 9.18. The predicted octanol–water partition coefficient (Wildman–Crippen LogP) is 4.51. The van der Waals surface area contributed by atoms with Crippen molar-refractivity contribution in [1.82, 2.24) is 0 Å². The number of carbonyl (C=O) groups is 2. The molecule has 172 valence electrons. The summed E-state index contributed by atoms with van der Waals surface area (Å²) in [5.74, 6) is -0.836. The second kappa shape index (κ2) is 6.60. The van der Waals surface area contributed by atoms with Crippen LogP contribution in [-0.2, 0) is 19.1 Å². The molecule has 1 aromatic rings. The van der Waals surface area contributed by atoms with Crippen LogP contribution >= 0.6 is 0 Å². The molecule has 0 unspecified atom stereocenters. The molecular formula is C26H32O6. The minimum absolute atomic E-state index is 0.0373. The Morgan fingerprint density at radius 2 is 1.84 bits per heavy atom. The molecule has 6 nitrogen and oxygen atoms in total. The van der Waals surface area contributed by atoms with Crippen LogP contribution < -0.4 is 0 Å². The Morgan fingerprint density at radius 1 is 1.09 bits per heavy atom. The van der Waals surface area contributed by atoms with E-state index in [0.29, 0.717) is 0 Å². The average molecular weight is 441 g/mol. The van der Waals surface area contributed by atoms with Gasteiger partial charge in [-0.2, -0.15) is 0 Å². The molecule has 0 amide bonds. The highest BCUT2D eigenvalue weighted by Crippen LogP contribution is 2.66. The SMILES string of the molecule is CC1(C)[C@H](O)C=C[C@]2(C)[C@@H]1CC(=O)O[C@]1(C)C3=CC(=O)O[C@@H](c4ccoc4)[C@]3(C)CC[C@@H]21. The lowest BCUT2D eigenvalue weighted by molar-refractivity contribution is -0.175. The summed E-state index contributed by atoms with van der Waals surface area (Å²) in [6.07, 6.45) is 9.39. The van der Waals surface area contributed by atoms with Crippen LogP contribution in [0.3, 0.4) is 0 Å². The molecule has 0 spiro atoms. The van der Waals surface area contributed by atoms with Gasteiger partial charge in [-0.25, -0.2) is 4.79 Å². The number of hydrogen-bond acceptors (Lipinski definition) is 6. The average Bonchev–Trinajstić information content (AvgIpc) is 3.21. The predicted molar refractivity (Wildman–Crippen MR) is 116 cm³/mol. The standard InChI is InChI=1S/C26H32O6/c1-23(2)17-12-21(29)32-26(5)16(24(17,3)10-7-19(23)27)6-9-25(4)18(26)13-20(28)31-22(25)15-8-11-30-14-15/h7-8,10-11,13-14,16-17,19,22,27H,6,9,12H2,1-5H3/t16-,17+,19+,22-,24-,25+,26-/m0/s1. The van der Waals surface area contributed by atoms with E-state index >= 15 is 0 Å². The third-order valence-electron chi connectivity index (χ3n) is 9.18. The Balaban J connectivity index is 1.67. The van der Waals surface area contributed by atoms with Crippen molar-refractivity contribution in [2.45, 2.75) is 71.7 Å². The van der Waals surface area contributed by atoms with E-state index in [9.17, 15) is 14.7 Å². The minimum Gasteiger partial charge on any atom is -0.472 e. The number of fused-ring (bicyclic) bond motifs is 5. The number of cyclic esters (lactones) is 1. The van der Waals surface area contributed by atoms with Gasteiger partial charge in [0.05, 0.1) is 18.6 Å². The number of carbonyl (C=O) groups excluding carboxylic acids is 2. The lowest BCUT2D eigenvalue weighted by atomic mass is 9.46. The normalized spacial score (nSPS) is 44.9. The van der Waals surface area contributed by atoms with Crippen molar-refractivity contribution < 1.29 is 28.6 Å². The Labute approximate surface area is 188 Å². The second-order valence-corrected chi connectivity index (χ2v) is 11.3. The van der Waals surface area contributed by atoms with Gasteiger partial charge in [-0.15, -0.1) is 0 Å². The van der Waals surface area contributed by atoms with Crippen molar-refractivity contribution in [3.63, 3.8) is 0 Å². The maximum absolute atomic E-state index is 13.2. The fourth-order valence-electron chi connectivity index (χ4n) is 7.44. The summed E-state index contributed by atoms with van der Waals surface area (Å²) in [7, 11) is 0. The van der Waals surface area contributed by atoms with Crippen LogP contribution in [0, 0.1) is 28.1 Å². The van der Waals surface area contributed by atoms with Gasteiger partial charge in [-0.1, -0.05) is 39.8 Å². The number of esters is 2. The molecule has 1 N–H and O–H groups in total. The van der Waals surface area contributed by atoms with Crippen LogP contribution in [0.1, 0.15) is 65.5 Å². The fourth-order valence-corrected chi connectivity index (χ4v) is 7.44. The molecule has 32 heavy (non-hydrogen) atoms. The molecule has 0 aromatic carbocycles. The van der Waals surface area contributed by atoms with Crippen molar-refractivity contribution in [3.8, 4) is 0 Å². The third kappa shape index (κ3) is 2.68. The highest BCUT2D eigenvalue weighted by Gasteiger charge is 2.66. The monoisotopic (exact) mass is 440 g/mol. The number of aliphatic hydroxyl groups is 1. The summed E-state index contributed by atoms with van der Waals surface area (Å²) < 4.78 is 17.4. The van der Waals surface area contributed by atoms with Crippen molar-refractivity contribution in [3.05, 3.63) is 48.0 Å². The molecule has 4 aliphatic rings. The molecule has 2 fully saturated rings. The summed E-state index contributed by atoms with van der Waals surface area (Å²) >= 11 is 0. The van der Waals surface area contributed by atoms with Gasteiger partial charge in [0.15, 0.2) is 0 Å². The first-order chi connectivity index (χ1) is 14.9. The highest BCUT2D eigenvalue weighted by molar-refractivity contribution is 5.85. The van der Waals surface area contributed by atoms with Gasteiger partial charge in [0, 0.05) is 29.4 Å². The molecule has 0 bridgehead atoms. The summed E-state index contributed by atoms with van der Waals surface area (Å²) in [6, 6.07) is 1.82. The topological polar surface area (TPSA) is 86.0 Å². The maximum Gasteiger partial charge on any atom is 0.331 e. The van der Waals surface area contributed by atoms with E-state index in [2.05, 4.69) is 19.9 Å². The number of rotatable bonds is 1. The number of hydrogen-bond donors (Lipinski definition) is 1. The van der Waals surface area contributed by atoms with Gasteiger partial charge in [0.2, 0.25) is 0 Å². The number of ether oxygens (including phenoxy) is 2. The molecule has 2 aliphatic heterocycles. The first kappa shape index (κ1) is 21.5. The lowest BCUT2D eigenvalue weighted by Crippen LogP contribution is -2.59. The second-order valence-electron chi connectivity index (χ2n) is 11.3. The molecule has 0 radical (unpaired) electrons. The Bertz CT molecular complexity index is 1020. The molecule has 2 aliphatic carbocycles. The fraction of sp³-hybridized carbons (Fsp3) is 0.615. The van der Waals surface area contributed by atoms with Crippen LogP contribution in [0.5, 0.6) is 0 Å². The van der Waals surface area contributed by atoms with Gasteiger partial charge in [0.25, 0.3) is 0 Å². The Morgan fingerprint density at radius 3 is 2.53 bits per heavy atom. The van der Waals surface area contributed by atoms with Gasteiger partial charge in [0.1, 0.15) is 11.7 Å². The van der Waals surface area contributed by atoms with E-state index in [1.165, 1.54) is 0 Å². The zero-order valence-electron chi connectivity index (χ0n) is 19.4. The zero-order chi connectivity index (χ0) is 23.1. The van der Waals surface area contributed by atoms with E-state index in [4.69, 9.17) is 13.9 Å². The molecule has 7 atom stereocenters. The van der Waals surface area contributed by atoms with Crippen LogP contribution in [0.4, 0.5) is 0 Å². The zero-order valence-corrected chi connectivity index (χ0v) is 19.4. The van der Waals surface area contributed by atoms with E-state index in [0.717, 1.165) is 24.0 Å². The van der Waals surface area contributed by atoms with Crippen LogP contribution in [0.2, 0.25) is 0 Å². The lowest BCUT2D eigenvalue weighted by Gasteiger charge is -2.59. The number of furan rings is 1. The van der Waals surface area contributed by atoms with Crippen molar-refractivity contribution in [1.29, 1.82) is 0 Å². The molecule has 1 saturated heterocycles. The molecule has 3 heterocycles. The number of aliphatic hydroxyl groups excluding tert-OH is 1. The van der Waals surface area contributed by atoms with Crippen LogP contribution in [-0.4, -0.2) is 28.8 Å². The smallest absolute Gasteiger partial charge is 0.331 e. The van der Waals surface area contributed by atoms with Gasteiger partial charge < -0.3 is 19.0 Å². The van der Waals surface area contributed by atoms with Gasteiger partial charge in [-0.05, 0) is 48.2 Å². The first-order valence-electron chi connectivity index (χ1n) is 11.5. The largest absolute Gasteiger partial charge is 0.472 e. The van der Waals surface area contributed by atoms with Crippen molar-refractivity contribution in [2.75, 3.05) is 0 Å². The molecule has 1 aromatic heterocycles. The van der Waals surface area contributed by atoms with Crippen LogP contribution in [0.15, 0.2) is 46.8 Å². The molecule has 1 saturated carbocycles. The van der Waals surface area contributed by atoms with E-state index in [-0.39, 0.29) is 29.6 Å². The Hall–Kier alpha value is -2.34. The molecule has 5 rings (SSSR count). The Kier molecular flexibility index (Phi) is 4.43. The quantitative estimate of drug-likeness (QED) is 0.511. The minimum atomic E-state index is -0.961. The van der Waals surface area contributed by atoms with Crippen molar-refractivity contribution in [2.24, 2.45) is 28.1 Å². The summed E-state index contributed by atoms with van der Waals surface area (Å²) in [5.41, 5.74) is -0.716. The summed E-state index contributed by atoms with van der Waals surface area (Å²) in [4.78, 5) is 26.0. The number of allylic oxidation sites excluding steroid dienone is 1. The van der Waals surface area contributed by atoms with Crippen molar-refractivity contribution >= 4 is 11.9 Å². The van der Waals surface area contributed by atoms with Gasteiger partial charge >= 0.3 is 11.9 Å². The first-order valence-corrected chi connectivity index (χ1v) is 11.5. The summed E-state index contributed by atoms with van der Waals surface area (Å²) in [5, 5.41) is 10.7. The van der Waals surface area contributed by atoms with E-state index in [1.54, 1.807) is 18.6 Å². The summed E-state index contributed by atoms with van der Waals surface area (Å²) in [6.45, 7) is 10.3. The highest BCUT2D eigenvalue weighted by atomic mass is 16.6. The molecule has 6 heteroatoms. The van der Waals surface area contributed by atoms with Gasteiger partial charge in [-0.3, -0.25) is 4.79 Å². The van der Waals surface area contributed by atoms with E-state index < -0.39 is 34.6 Å². The maximum atomic E-state index is 13.2. The molecular weight excluding hydrogens is 408 g/mol. The van der Waals surface area contributed by atoms with E-state index in [1.807, 2.05) is 32.9 Å².